The molecule has 0 spiro atoms. The van der Waals surface area contributed by atoms with E-state index < -0.39 is 17.5 Å². The number of hydrogen-bond donors (Lipinski definition) is 1. The molecule has 0 atom stereocenters. The molecule has 0 aliphatic heterocycles. The highest BCUT2D eigenvalue weighted by Gasteiger charge is 2.08. The molecule has 0 amide bonds. The Hall–Kier alpha value is -2.01. The molecule has 0 aliphatic carbocycles. The first-order chi connectivity index (χ1) is 9.10. The number of hydrogen-bond acceptors (Lipinski definition) is 2. The smallest absolute Gasteiger partial charge is 0.165 e. The molecule has 0 heterocycles. The first-order valence-electron chi connectivity index (χ1n) is 5.56. The quantitative estimate of drug-likeness (QED) is 0.922. The first kappa shape index (κ1) is 13.4. The highest BCUT2D eigenvalue weighted by Crippen LogP contribution is 2.19. The fraction of sp³-hybridized carbons (Fsp3) is 0.143. The Morgan fingerprint density at radius 2 is 1.84 bits per heavy atom. The standard InChI is InChI=1S/C14H11F3O2/c15-11-4-9(7-18)5-12(6-11)19-8-10-2-1-3-13(16)14(10)17/h1-6,18H,7-8H2. The Bertz CT molecular complexity index is 585. The van der Waals surface area contributed by atoms with E-state index in [1.54, 1.807) is 0 Å². The normalized spacial score (nSPS) is 10.5. The van der Waals surface area contributed by atoms with Gasteiger partial charge in [-0.05, 0) is 23.8 Å². The predicted octanol–water partition coefficient (Wildman–Crippen LogP) is 3.18. The van der Waals surface area contributed by atoms with Crippen LogP contribution in [-0.4, -0.2) is 5.11 Å². The van der Waals surface area contributed by atoms with Crippen molar-refractivity contribution < 1.29 is 23.0 Å². The number of aliphatic hydroxyl groups excluding tert-OH is 1. The maximum absolute atomic E-state index is 13.4. The van der Waals surface area contributed by atoms with E-state index in [4.69, 9.17) is 9.84 Å². The predicted molar refractivity (Wildman–Crippen MR) is 63.0 cm³/mol. The van der Waals surface area contributed by atoms with Gasteiger partial charge in [-0.15, -0.1) is 0 Å². The molecule has 2 aromatic rings. The lowest BCUT2D eigenvalue weighted by atomic mass is 10.2. The number of benzene rings is 2. The Morgan fingerprint density at radius 3 is 2.58 bits per heavy atom. The molecular weight excluding hydrogens is 257 g/mol. The Morgan fingerprint density at radius 1 is 1.05 bits per heavy atom. The van der Waals surface area contributed by atoms with E-state index in [1.165, 1.54) is 18.2 Å². The van der Waals surface area contributed by atoms with Crippen molar-refractivity contribution in [3.63, 3.8) is 0 Å². The first-order valence-corrected chi connectivity index (χ1v) is 5.56. The average Bonchev–Trinajstić information content (AvgIpc) is 2.40. The minimum atomic E-state index is -0.985. The molecule has 0 saturated heterocycles. The van der Waals surface area contributed by atoms with Crippen molar-refractivity contribution in [1.82, 2.24) is 0 Å². The van der Waals surface area contributed by atoms with Gasteiger partial charge in [-0.25, -0.2) is 13.2 Å². The van der Waals surface area contributed by atoms with Crippen LogP contribution in [0, 0.1) is 17.5 Å². The van der Waals surface area contributed by atoms with Gasteiger partial charge in [0, 0.05) is 11.6 Å². The van der Waals surface area contributed by atoms with E-state index in [0.29, 0.717) is 5.56 Å². The van der Waals surface area contributed by atoms with E-state index in [2.05, 4.69) is 0 Å². The van der Waals surface area contributed by atoms with Crippen molar-refractivity contribution in [2.24, 2.45) is 0 Å². The summed E-state index contributed by atoms with van der Waals surface area (Å²) < 4.78 is 44.7. The van der Waals surface area contributed by atoms with E-state index in [1.807, 2.05) is 0 Å². The van der Waals surface area contributed by atoms with E-state index >= 15 is 0 Å². The number of aliphatic hydroxyl groups is 1. The van der Waals surface area contributed by atoms with Gasteiger partial charge in [-0.1, -0.05) is 12.1 Å². The van der Waals surface area contributed by atoms with Gasteiger partial charge in [0.15, 0.2) is 11.6 Å². The molecule has 0 bridgehead atoms. The summed E-state index contributed by atoms with van der Waals surface area (Å²) in [4.78, 5) is 0. The van der Waals surface area contributed by atoms with E-state index in [9.17, 15) is 13.2 Å². The topological polar surface area (TPSA) is 29.5 Å². The maximum atomic E-state index is 13.4. The summed E-state index contributed by atoms with van der Waals surface area (Å²) in [6.07, 6.45) is 0. The van der Waals surface area contributed by atoms with Crippen LogP contribution in [0.1, 0.15) is 11.1 Å². The van der Waals surface area contributed by atoms with Gasteiger partial charge in [0.05, 0.1) is 6.61 Å². The molecule has 0 unspecified atom stereocenters. The third-order valence-corrected chi connectivity index (χ3v) is 2.54. The van der Waals surface area contributed by atoms with Gasteiger partial charge in [0.1, 0.15) is 18.2 Å². The number of rotatable bonds is 4. The van der Waals surface area contributed by atoms with E-state index in [0.717, 1.165) is 18.2 Å². The van der Waals surface area contributed by atoms with Crippen molar-refractivity contribution >= 4 is 0 Å². The van der Waals surface area contributed by atoms with Crippen LogP contribution in [0.4, 0.5) is 13.2 Å². The lowest BCUT2D eigenvalue weighted by molar-refractivity contribution is 0.275. The molecule has 0 radical (unpaired) electrons. The summed E-state index contributed by atoms with van der Waals surface area (Å²) in [5, 5.41) is 8.92. The monoisotopic (exact) mass is 268 g/mol. The second kappa shape index (κ2) is 5.75. The summed E-state index contributed by atoms with van der Waals surface area (Å²) in [6, 6.07) is 7.45. The van der Waals surface area contributed by atoms with Gasteiger partial charge < -0.3 is 9.84 Å². The van der Waals surface area contributed by atoms with Crippen LogP contribution in [0.5, 0.6) is 5.75 Å². The van der Waals surface area contributed by atoms with Gasteiger partial charge in [0.25, 0.3) is 0 Å². The third kappa shape index (κ3) is 3.26. The van der Waals surface area contributed by atoms with Gasteiger partial charge >= 0.3 is 0 Å². The molecule has 0 aliphatic rings. The van der Waals surface area contributed by atoms with Crippen LogP contribution < -0.4 is 4.74 Å². The number of halogens is 3. The summed E-state index contributed by atoms with van der Waals surface area (Å²) in [5.41, 5.74) is 0.379. The van der Waals surface area contributed by atoms with E-state index in [-0.39, 0.29) is 24.5 Å². The van der Waals surface area contributed by atoms with Crippen LogP contribution >= 0.6 is 0 Å². The Labute approximate surface area is 108 Å². The fourth-order valence-corrected chi connectivity index (χ4v) is 1.62. The van der Waals surface area contributed by atoms with Gasteiger partial charge in [-0.2, -0.15) is 0 Å². The van der Waals surface area contributed by atoms with Crippen LogP contribution in [0.15, 0.2) is 36.4 Å². The maximum Gasteiger partial charge on any atom is 0.165 e. The van der Waals surface area contributed by atoms with Crippen LogP contribution in [0.25, 0.3) is 0 Å². The number of ether oxygens (including phenoxy) is 1. The molecule has 1 N–H and O–H groups in total. The highest BCUT2D eigenvalue weighted by atomic mass is 19.2. The molecule has 19 heavy (non-hydrogen) atoms. The summed E-state index contributed by atoms with van der Waals surface area (Å²) in [6.45, 7) is -0.555. The SMILES string of the molecule is OCc1cc(F)cc(OCc2cccc(F)c2F)c1. The molecule has 2 rings (SSSR count). The molecular formula is C14H11F3O2. The van der Waals surface area contributed by atoms with Crippen molar-refractivity contribution in [3.8, 4) is 5.75 Å². The Balaban J connectivity index is 2.14. The van der Waals surface area contributed by atoms with Gasteiger partial charge in [-0.3, -0.25) is 0 Å². The zero-order valence-electron chi connectivity index (χ0n) is 9.87. The highest BCUT2D eigenvalue weighted by molar-refractivity contribution is 5.29. The molecule has 0 saturated carbocycles. The van der Waals surface area contributed by atoms with Crippen molar-refractivity contribution in [1.29, 1.82) is 0 Å². The second-order valence-electron chi connectivity index (χ2n) is 3.95. The molecule has 0 fully saturated rings. The lowest BCUT2D eigenvalue weighted by Gasteiger charge is -2.09. The van der Waals surface area contributed by atoms with Crippen molar-refractivity contribution in [2.75, 3.05) is 0 Å². The summed E-state index contributed by atoms with van der Waals surface area (Å²) in [5.74, 6) is -2.37. The van der Waals surface area contributed by atoms with Crippen molar-refractivity contribution in [3.05, 3.63) is 65.0 Å². The van der Waals surface area contributed by atoms with Crippen LogP contribution in [0.3, 0.4) is 0 Å². The molecule has 0 aromatic heterocycles. The summed E-state index contributed by atoms with van der Waals surface area (Å²) in [7, 11) is 0. The fourth-order valence-electron chi connectivity index (χ4n) is 1.62. The molecule has 100 valence electrons. The van der Waals surface area contributed by atoms with Crippen molar-refractivity contribution in [2.45, 2.75) is 13.2 Å². The molecule has 2 nitrogen and oxygen atoms in total. The zero-order chi connectivity index (χ0) is 13.8. The minimum absolute atomic E-state index is 0.0369. The average molecular weight is 268 g/mol. The molecule has 5 heteroatoms. The molecule has 2 aromatic carbocycles. The largest absolute Gasteiger partial charge is 0.489 e. The second-order valence-corrected chi connectivity index (χ2v) is 3.95. The van der Waals surface area contributed by atoms with Crippen LogP contribution in [-0.2, 0) is 13.2 Å². The van der Waals surface area contributed by atoms with Crippen LogP contribution in [0.2, 0.25) is 0 Å². The summed E-state index contributed by atoms with van der Waals surface area (Å²) >= 11 is 0. The third-order valence-electron chi connectivity index (χ3n) is 2.54. The lowest BCUT2D eigenvalue weighted by Crippen LogP contribution is -2.01. The zero-order valence-corrected chi connectivity index (χ0v) is 9.87. The Kier molecular flexibility index (Phi) is 4.06. The van der Waals surface area contributed by atoms with Gasteiger partial charge in [0.2, 0.25) is 0 Å². The minimum Gasteiger partial charge on any atom is -0.489 e.